The number of benzene rings is 2. The number of hydrogen-bond acceptors (Lipinski definition) is 4. The molecule has 3 aliphatic heterocycles. The maximum atomic E-state index is 14.1. The molecule has 6 nitrogen and oxygen atoms in total. The van der Waals surface area contributed by atoms with Crippen LogP contribution in [-0.4, -0.2) is 39.2 Å². The second-order valence-electron chi connectivity index (χ2n) is 12.9. The van der Waals surface area contributed by atoms with Crippen molar-refractivity contribution in [1.82, 2.24) is 9.80 Å². The van der Waals surface area contributed by atoms with Crippen molar-refractivity contribution in [2.45, 2.75) is 76.9 Å². The second-order valence-corrected chi connectivity index (χ2v) is 16.3. The first-order valence-corrected chi connectivity index (χ1v) is 16.4. The summed E-state index contributed by atoms with van der Waals surface area (Å²) in [5.41, 5.74) is 2.92. The van der Waals surface area contributed by atoms with E-state index in [-0.39, 0.29) is 48.2 Å². The van der Waals surface area contributed by atoms with E-state index in [2.05, 4.69) is 100 Å². The van der Waals surface area contributed by atoms with Crippen LogP contribution in [0.1, 0.15) is 81.9 Å². The van der Waals surface area contributed by atoms with Crippen LogP contribution in [0.4, 0.5) is 9.59 Å². The van der Waals surface area contributed by atoms with Gasteiger partial charge in [0, 0.05) is 29.7 Å². The average molecular weight is 802 g/mol. The molecule has 2 saturated heterocycles. The van der Waals surface area contributed by atoms with Crippen LogP contribution >= 0.6 is 63.7 Å². The van der Waals surface area contributed by atoms with Crippen molar-refractivity contribution in [3.05, 3.63) is 70.5 Å². The number of rotatable bonds is 0. The van der Waals surface area contributed by atoms with Crippen LogP contribution in [0.5, 0.6) is 0 Å². The number of nitrogens with zero attached hydrogens (tertiary/aromatic N) is 2. The Morgan fingerprint density at radius 1 is 0.675 bits per heavy atom. The molecule has 0 radical (unpaired) electrons. The Bertz CT molecular complexity index is 1480. The molecule has 40 heavy (non-hydrogen) atoms. The zero-order valence-electron chi connectivity index (χ0n) is 23.0. The van der Waals surface area contributed by atoms with Crippen LogP contribution in [0.2, 0.25) is 0 Å². The van der Waals surface area contributed by atoms with Gasteiger partial charge in [0.1, 0.15) is 11.2 Å². The SMILES string of the molecule is CC(C)(C)OC(=O)N1[C@@H]2[C@H]([C@H]3C=Cc4cc(Br)c(Br)cc4[C@H]31)[C@H]1c3cc(Br)c(Br)cc3[C@@H]2N1C(=O)OC(C)(C)C. The van der Waals surface area contributed by atoms with Gasteiger partial charge in [0.2, 0.25) is 0 Å². The standard InChI is InChI=1S/C30H30Br4N2O4/c1-29(2,3)39-27(37)35-23-14(8-7-13-9-18(31)19(32)10-15(13)23)22-24-16-11-20(33)21(34)12-17(16)25(26(22)35)36(24)28(38)40-30(4,5)6/h7-12,14,22-26H,1-6H3/t14-,22-,23+,24-,25+,26-/m1/s1. The quantitative estimate of drug-likeness (QED) is 0.266. The normalized spacial score (nSPS) is 27.8. The molecular formula is C30H30Br4N2O4. The van der Waals surface area contributed by atoms with Crippen molar-refractivity contribution >= 4 is 82.0 Å². The molecule has 3 heterocycles. The van der Waals surface area contributed by atoms with Crippen LogP contribution in [-0.2, 0) is 9.47 Å². The van der Waals surface area contributed by atoms with E-state index in [9.17, 15) is 9.59 Å². The monoisotopic (exact) mass is 798 g/mol. The molecule has 2 aromatic rings. The van der Waals surface area contributed by atoms with Crippen LogP contribution < -0.4 is 0 Å². The Hall–Kier alpha value is -1.36. The molecule has 212 valence electrons. The predicted octanol–water partition coefficient (Wildman–Crippen LogP) is 9.70. The van der Waals surface area contributed by atoms with E-state index in [1.807, 2.05) is 51.3 Å². The van der Waals surface area contributed by atoms with Gasteiger partial charge in [-0.05, 0) is 152 Å². The van der Waals surface area contributed by atoms with Crippen molar-refractivity contribution in [3.63, 3.8) is 0 Å². The van der Waals surface area contributed by atoms with Crippen LogP contribution in [0, 0.1) is 11.8 Å². The van der Waals surface area contributed by atoms with Crippen LogP contribution in [0.3, 0.4) is 0 Å². The van der Waals surface area contributed by atoms with Crippen molar-refractivity contribution in [3.8, 4) is 0 Å². The third kappa shape index (κ3) is 4.51. The highest BCUT2D eigenvalue weighted by molar-refractivity contribution is 9.13. The molecule has 0 saturated carbocycles. The van der Waals surface area contributed by atoms with Gasteiger partial charge in [0.15, 0.2) is 0 Å². The first-order valence-electron chi connectivity index (χ1n) is 13.3. The Balaban J connectivity index is 1.55. The molecule has 1 aliphatic carbocycles. The lowest BCUT2D eigenvalue weighted by Gasteiger charge is -2.38. The number of carbonyl (C=O) groups is 2. The molecule has 0 spiro atoms. The maximum Gasteiger partial charge on any atom is 0.411 e. The molecule has 0 unspecified atom stereocenters. The Morgan fingerprint density at radius 3 is 1.70 bits per heavy atom. The summed E-state index contributed by atoms with van der Waals surface area (Å²) in [4.78, 5) is 31.8. The lowest BCUT2D eigenvalue weighted by molar-refractivity contribution is -0.00247. The number of fused-ring (bicyclic) bond motifs is 12. The van der Waals surface area contributed by atoms with Crippen molar-refractivity contribution in [1.29, 1.82) is 0 Å². The topological polar surface area (TPSA) is 59.1 Å². The summed E-state index contributed by atoms with van der Waals surface area (Å²) in [6, 6.07) is 7.21. The zero-order valence-corrected chi connectivity index (χ0v) is 29.3. The summed E-state index contributed by atoms with van der Waals surface area (Å²) in [5.74, 6) is -0.0592. The van der Waals surface area contributed by atoms with E-state index in [4.69, 9.17) is 9.47 Å². The molecule has 10 heteroatoms. The zero-order chi connectivity index (χ0) is 29.0. The van der Waals surface area contributed by atoms with E-state index in [1.54, 1.807) is 0 Å². The largest absolute Gasteiger partial charge is 0.444 e. The Kier molecular flexibility index (Phi) is 6.88. The fourth-order valence-electron chi connectivity index (χ4n) is 6.93. The van der Waals surface area contributed by atoms with E-state index in [0.717, 1.165) is 40.1 Å². The highest BCUT2D eigenvalue weighted by Crippen LogP contribution is 2.68. The molecule has 2 amide bonds. The summed E-state index contributed by atoms with van der Waals surface area (Å²) in [6.07, 6.45) is 3.63. The first kappa shape index (κ1) is 28.7. The van der Waals surface area contributed by atoms with Crippen molar-refractivity contribution < 1.29 is 19.1 Å². The molecule has 6 rings (SSSR count). The minimum absolute atomic E-state index is 0.0198. The average Bonchev–Trinajstić information content (AvgIpc) is 3.42. The summed E-state index contributed by atoms with van der Waals surface area (Å²) >= 11 is 14.7. The number of amides is 2. The molecular weight excluding hydrogens is 772 g/mol. The smallest absolute Gasteiger partial charge is 0.411 e. The molecule has 0 N–H and O–H groups in total. The van der Waals surface area contributed by atoms with Gasteiger partial charge in [-0.15, -0.1) is 0 Å². The third-order valence-corrected chi connectivity index (χ3v) is 11.7. The van der Waals surface area contributed by atoms with Gasteiger partial charge in [-0.3, -0.25) is 9.80 Å². The molecule has 2 fully saturated rings. The minimum Gasteiger partial charge on any atom is -0.444 e. The summed E-state index contributed by atoms with van der Waals surface area (Å²) in [7, 11) is 0. The summed E-state index contributed by atoms with van der Waals surface area (Å²) in [5, 5.41) is 0. The Morgan fingerprint density at radius 2 is 1.15 bits per heavy atom. The highest BCUT2D eigenvalue weighted by Gasteiger charge is 2.69. The van der Waals surface area contributed by atoms with Crippen molar-refractivity contribution in [2.75, 3.05) is 0 Å². The predicted molar refractivity (Wildman–Crippen MR) is 168 cm³/mol. The van der Waals surface area contributed by atoms with E-state index in [1.165, 1.54) is 0 Å². The molecule has 2 aromatic carbocycles. The van der Waals surface area contributed by atoms with Gasteiger partial charge < -0.3 is 9.47 Å². The van der Waals surface area contributed by atoms with Gasteiger partial charge in [0.05, 0.1) is 24.2 Å². The van der Waals surface area contributed by atoms with Crippen LogP contribution in [0.15, 0.2) is 48.2 Å². The molecule has 0 aromatic heterocycles. The van der Waals surface area contributed by atoms with E-state index >= 15 is 0 Å². The number of carbonyl (C=O) groups excluding carboxylic acids is 2. The van der Waals surface area contributed by atoms with Crippen molar-refractivity contribution in [2.24, 2.45) is 11.8 Å². The lowest BCUT2D eigenvalue weighted by Crippen LogP contribution is -2.46. The Labute approximate surface area is 268 Å². The van der Waals surface area contributed by atoms with E-state index in [0.29, 0.717) is 0 Å². The van der Waals surface area contributed by atoms with Gasteiger partial charge in [-0.1, -0.05) is 12.2 Å². The fraction of sp³-hybridized carbons (Fsp3) is 0.467. The lowest BCUT2D eigenvalue weighted by atomic mass is 9.73. The second kappa shape index (κ2) is 9.58. The van der Waals surface area contributed by atoms with Gasteiger partial charge >= 0.3 is 12.2 Å². The number of halogens is 4. The summed E-state index contributed by atoms with van der Waals surface area (Å²) < 4.78 is 15.7. The fourth-order valence-corrected chi connectivity index (χ4v) is 8.38. The third-order valence-electron chi connectivity index (χ3n) is 8.03. The van der Waals surface area contributed by atoms with Gasteiger partial charge in [0.25, 0.3) is 0 Å². The van der Waals surface area contributed by atoms with Gasteiger partial charge in [-0.25, -0.2) is 9.59 Å². The van der Waals surface area contributed by atoms with E-state index < -0.39 is 11.2 Å². The number of likely N-dealkylation sites (tertiary alicyclic amines) is 1. The molecule has 6 atom stereocenters. The highest BCUT2D eigenvalue weighted by atomic mass is 79.9. The first-order chi connectivity index (χ1) is 18.6. The van der Waals surface area contributed by atoms with Crippen LogP contribution in [0.25, 0.3) is 6.08 Å². The maximum absolute atomic E-state index is 14.1. The molecule has 2 bridgehead atoms. The molecule has 4 aliphatic rings. The summed E-state index contributed by atoms with van der Waals surface area (Å²) in [6.45, 7) is 11.3. The number of ether oxygens (including phenoxy) is 2. The minimum atomic E-state index is -0.674. The van der Waals surface area contributed by atoms with Gasteiger partial charge in [-0.2, -0.15) is 0 Å². The number of hydrogen-bond donors (Lipinski definition) is 0.